The molecule has 12 heteroatoms. The molecule has 4 rings (SSSR count). The number of anilines is 2. The van der Waals surface area contributed by atoms with E-state index in [0.717, 1.165) is 44.5 Å². The van der Waals surface area contributed by atoms with Gasteiger partial charge in [0, 0.05) is 36.9 Å². The lowest BCUT2D eigenvalue weighted by atomic mass is 9.94. The van der Waals surface area contributed by atoms with Crippen molar-refractivity contribution in [2.75, 3.05) is 37.1 Å². The van der Waals surface area contributed by atoms with Crippen LogP contribution >= 0.6 is 0 Å². The lowest BCUT2D eigenvalue weighted by molar-refractivity contribution is 0.101. The molecule has 4 aromatic rings. The van der Waals surface area contributed by atoms with Crippen molar-refractivity contribution in [1.82, 2.24) is 20.6 Å². The number of nitrogens with zero attached hydrogens (tertiary/aromatic N) is 2. The molecule has 0 saturated carbocycles. The molecule has 2 aromatic heterocycles. The number of hydrogen-bond donors (Lipinski definition) is 8. The Kier molecular flexibility index (Phi) is 12.9. The summed E-state index contributed by atoms with van der Waals surface area (Å²) in [6.07, 6.45) is 3.23. The van der Waals surface area contributed by atoms with Gasteiger partial charge in [-0.2, -0.15) is 0 Å². The lowest BCUT2D eigenvalue weighted by Gasteiger charge is -2.17. The second kappa shape index (κ2) is 17.0. The minimum absolute atomic E-state index is 0.188. The summed E-state index contributed by atoms with van der Waals surface area (Å²) in [6, 6.07) is 13.9. The molecule has 254 valence electrons. The summed E-state index contributed by atoms with van der Waals surface area (Å²) in [5.74, 6) is -0.712. The van der Waals surface area contributed by atoms with Gasteiger partial charge in [0.2, 0.25) is 0 Å². The highest BCUT2D eigenvalue weighted by atomic mass is 16.3. The van der Waals surface area contributed by atoms with E-state index < -0.39 is 12.1 Å². The van der Waals surface area contributed by atoms with Gasteiger partial charge in [0.15, 0.2) is 0 Å². The van der Waals surface area contributed by atoms with Crippen molar-refractivity contribution < 1.29 is 30.0 Å². The van der Waals surface area contributed by atoms with Gasteiger partial charge in [0.25, 0.3) is 11.8 Å². The van der Waals surface area contributed by atoms with Crippen LogP contribution in [-0.2, 0) is 13.1 Å². The number of nitrogens with one attached hydrogen (secondary N) is 4. The largest absolute Gasteiger partial charge is 0.395 e. The van der Waals surface area contributed by atoms with E-state index in [4.69, 9.17) is 0 Å². The van der Waals surface area contributed by atoms with Crippen LogP contribution in [0.4, 0.5) is 11.4 Å². The maximum absolute atomic E-state index is 13.2. The van der Waals surface area contributed by atoms with Crippen LogP contribution in [0.25, 0.3) is 11.1 Å². The summed E-state index contributed by atoms with van der Waals surface area (Å²) in [4.78, 5) is 35.1. The molecular formula is C36H44N6O6. The van der Waals surface area contributed by atoms with Gasteiger partial charge in [-0.1, -0.05) is 24.3 Å². The van der Waals surface area contributed by atoms with Crippen LogP contribution in [0.5, 0.6) is 0 Å². The molecule has 0 saturated heterocycles. The Labute approximate surface area is 280 Å². The van der Waals surface area contributed by atoms with Gasteiger partial charge < -0.3 is 41.7 Å². The normalized spacial score (nSPS) is 11.3. The van der Waals surface area contributed by atoms with Crippen molar-refractivity contribution in [3.8, 4) is 11.1 Å². The first kappa shape index (κ1) is 36.3. The number of aliphatic hydroxyl groups excluding tert-OH is 4. The van der Waals surface area contributed by atoms with Gasteiger partial charge in [0.05, 0.1) is 38.5 Å². The fourth-order valence-electron chi connectivity index (χ4n) is 5.17. The fourth-order valence-corrected chi connectivity index (χ4v) is 5.17. The first-order chi connectivity index (χ1) is 23.1. The molecule has 0 aliphatic heterocycles. The summed E-state index contributed by atoms with van der Waals surface area (Å²) >= 11 is 0. The number of carbonyl (C=O) groups is 2. The summed E-state index contributed by atoms with van der Waals surface area (Å²) in [7, 11) is 0. The fraction of sp³-hybridized carbons (Fsp3) is 0.333. The standard InChI is InChI=1S/C36H44N6O6/c1-21-11-33(39-15-25(21)13-37-27(17-43)18-44)35(47)41-31-9-5-7-29(23(31)3)30-8-6-10-32(24(30)4)42-36(48)34-12-22(2)26(16-40-34)14-38-28(19-45)20-46/h5-12,15-16,27-28,37-38,43-46H,13-14,17-20H2,1-4H3,(H,41,47)(H,42,48). The number of benzene rings is 2. The summed E-state index contributed by atoms with van der Waals surface area (Å²) in [5, 5.41) is 49.2. The molecule has 0 unspecified atom stereocenters. The highest BCUT2D eigenvalue weighted by molar-refractivity contribution is 6.05. The number of rotatable bonds is 15. The Morgan fingerprint density at radius 1 is 0.625 bits per heavy atom. The van der Waals surface area contributed by atoms with E-state index in [0.29, 0.717) is 24.5 Å². The SMILES string of the molecule is Cc1cc(C(=O)Nc2cccc(-c3cccc(NC(=O)c4cc(C)c(CNC(CO)CO)cn4)c3C)c2C)ncc1CNC(CO)CO. The van der Waals surface area contributed by atoms with Crippen molar-refractivity contribution in [3.05, 3.63) is 106 Å². The second-order valence-electron chi connectivity index (χ2n) is 11.7. The van der Waals surface area contributed by atoms with Crippen LogP contribution in [-0.4, -0.2) is 80.7 Å². The molecule has 48 heavy (non-hydrogen) atoms. The lowest BCUT2D eigenvalue weighted by Crippen LogP contribution is -2.35. The molecule has 2 amide bonds. The quantitative estimate of drug-likeness (QED) is 0.0945. The molecule has 8 N–H and O–H groups in total. The van der Waals surface area contributed by atoms with E-state index in [1.165, 1.54) is 0 Å². The highest BCUT2D eigenvalue weighted by Crippen LogP contribution is 2.34. The van der Waals surface area contributed by atoms with E-state index in [9.17, 15) is 30.0 Å². The number of aromatic nitrogens is 2. The Hall–Kier alpha value is -4.56. The molecule has 12 nitrogen and oxygen atoms in total. The molecule has 0 aliphatic rings. The van der Waals surface area contributed by atoms with E-state index in [2.05, 4.69) is 31.2 Å². The van der Waals surface area contributed by atoms with Gasteiger partial charge in [-0.15, -0.1) is 0 Å². The number of amides is 2. The third-order valence-corrected chi connectivity index (χ3v) is 8.40. The molecule has 0 bridgehead atoms. The Morgan fingerprint density at radius 3 is 1.33 bits per heavy atom. The number of aryl methyl sites for hydroxylation is 2. The number of aliphatic hydroxyl groups is 4. The summed E-state index contributed by atoms with van der Waals surface area (Å²) in [5.41, 5.74) is 8.66. The maximum atomic E-state index is 13.2. The molecule has 2 heterocycles. The molecule has 0 radical (unpaired) electrons. The second-order valence-corrected chi connectivity index (χ2v) is 11.7. The number of hydrogen-bond acceptors (Lipinski definition) is 10. The maximum Gasteiger partial charge on any atom is 0.274 e. The Morgan fingerprint density at radius 2 is 1.00 bits per heavy atom. The predicted octanol–water partition coefficient (Wildman–Crippen LogP) is 2.77. The molecule has 0 spiro atoms. The van der Waals surface area contributed by atoms with E-state index in [1.54, 1.807) is 24.5 Å². The van der Waals surface area contributed by atoms with Crippen LogP contribution in [0.1, 0.15) is 54.4 Å². The zero-order valence-corrected chi connectivity index (χ0v) is 27.7. The monoisotopic (exact) mass is 656 g/mol. The smallest absolute Gasteiger partial charge is 0.274 e. The van der Waals surface area contributed by atoms with Gasteiger partial charge in [-0.3, -0.25) is 19.6 Å². The van der Waals surface area contributed by atoms with E-state index in [-0.39, 0.29) is 49.6 Å². The summed E-state index contributed by atoms with van der Waals surface area (Å²) in [6.45, 7) is 7.64. The van der Waals surface area contributed by atoms with Crippen molar-refractivity contribution >= 4 is 23.2 Å². The van der Waals surface area contributed by atoms with Crippen molar-refractivity contribution in [1.29, 1.82) is 0 Å². The van der Waals surface area contributed by atoms with Gasteiger partial charge in [0.1, 0.15) is 11.4 Å². The zero-order chi connectivity index (χ0) is 34.8. The number of pyridine rings is 2. The molecular weight excluding hydrogens is 612 g/mol. The van der Waals surface area contributed by atoms with E-state index in [1.807, 2.05) is 64.1 Å². The predicted molar refractivity (Wildman–Crippen MR) is 185 cm³/mol. The molecule has 2 aromatic carbocycles. The first-order valence-electron chi connectivity index (χ1n) is 15.7. The molecule has 0 aliphatic carbocycles. The molecule has 0 fully saturated rings. The van der Waals surface area contributed by atoms with Crippen molar-refractivity contribution in [3.63, 3.8) is 0 Å². The topological polar surface area (TPSA) is 189 Å². The van der Waals surface area contributed by atoms with Crippen LogP contribution in [0, 0.1) is 27.7 Å². The Balaban J connectivity index is 1.48. The average Bonchev–Trinajstić information content (AvgIpc) is 3.08. The highest BCUT2D eigenvalue weighted by Gasteiger charge is 2.17. The van der Waals surface area contributed by atoms with Crippen LogP contribution in [0.2, 0.25) is 0 Å². The molecule has 0 atom stereocenters. The zero-order valence-electron chi connectivity index (χ0n) is 27.7. The summed E-state index contributed by atoms with van der Waals surface area (Å²) < 4.78 is 0. The van der Waals surface area contributed by atoms with Gasteiger partial charge in [-0.25, -0.2) is 0 Å². The van der Waals surface area contributed by atoms with Crippen molar-refractivity contribution in [2.24, 2.45) is 0 Å². The minimum Gasteiger partial charge on any atom is -0.395 e. The van der Waals surface area contributed by atoms with E-state index >= 15 is 0 Å². The first-order valence-corrected chi connectivity index (χ1v) is 15.7. The van der Waals surface area contributed by atoms with Crippen LogP contribution in [0.3, 0.4) is 0 Å². The van der Waals surface area contributed by atoms with Crippen molar-refractivity contribution in [2.45, 2.75) is 52.9 Å². The Bertz CT molecular complexity index is 1610. The minimum atomic E-state index is -0.434. The van der Waals surface area contributed by atoms with Gasteiger partial charge >= 0.3 is 0 Å². The average molecular weight is 657 g/mol. The third-order valence-electron chi connectivity index (χ3n) is 8.40. The van der Waals surface area contributed by atoms with Gasteiger partial charge in [-0.05, 0) is 96.5 Å². The van der Waals surface area contributed by atoms with Crippen LogP contribution in [0.15, 0.2) is 60.9 Å². The van der Waals surface area contributed by atoms with Crippen LogP contribution < -0.4 is 21.3 Å². The number of carbonyl (C=O) groups excluding carboxylic acids is 2. The third kappa shape index (κ3) is 8.86.